The van der Waals surface area contributed by atoms with Crippen molar-refractivity contribution in [3.8, 4) is 11.5 Å². The van der Waals surface area contributed by atoms with Gasteiger partial charge in [0, 0.05) is 11.6 Å². The Bertz CT molecular complexity index is 1030. The highest BCUT2D eigenvalue weighted by molar-refractivity contribution is 5.98. The van der Waals surface area contributed by atoms with Crippen molar-refractivity contribution < 1.29 is 23.7 Å². The van der Waals surface area contributed by atoms with Crippen LogP contribution in [0, 0.1) is 5.82 Å². The summed E-state index contributed by atoms with van der Waals surface area (Å²) < 4.78 is 18.6. The summed E-state index contributed by atoms with van der Waals surface area (Å²) in [6.45, 7) is 5.48. The molecule has 0 saturated heterocycles. The summed E-state index contributed by atoms with van der Waals surface area (Å²) in [5, 5.41) is 0.803. The summed E-state index contributed by atoms with van der Waals surface area (Å²) in [5.74, 6) is 0.450. The highest BCUT2D eigenvalue weighted by Gasteiger charge is 2.16. The molecule has 30 heavy (non-hydrogen) atoms. The Morgan fingerprint density at radius 1 is 1.10 bits per heavy atom. The number of aromatic nitrogens is 1. The Hall–Kier alpha value is -3.25. The SMILES string of the molecule is CC.COOc1cc(/C=C/C(C)=O)c2cc(Cc3ccc(F)cc3)cnc2c1OC. The lowest BCUT2D eigenvalue weighted by molar-refractivity contribution is -0.179. The zero-order valence-electron chi connectivity index (χ0n) is 17.9. The normalized spacial score (nSPS) is 10.6. The fraction of sp³-hybridized carbons (Fsp3) is 0.250. The van der Waals surface area contributed by atoms with Crippen molar-refractivity contribution in [1.29, 1.82) is 0 Å². The van der Waals surface area contributed by atoms with Crippen molar-refractivity contribution >= 4 is 22.8 Å². The van der Waals surface area contributed by atoms with Gasteiger partial charge in [0.05, 0.1) is 14.2 Å². The summed E-state index contributed by atoms with van der Waals surface area (Å²) in [6.07, 6.45) is 5.52. The van der Waals surface area contributed by atoms with Crippen molar-refractivity contribution in [3.63, 3.8) is 0 Å². The molecule has 5 nitrogen and oxygen atoms in total. The maximum absolute atomic E-state index is 13.1. The number of carbonyl (C=O) groups is 1. The molecule has 0 radical (unpaired) electrons. The van der Waals surface area contributed by atoms with E-state index in [1.54, 1.807) is 30.5 Å². The molecule has 3 aromatic rings. The third kappa shape index (κ3) is 5.64. The van der Waals surface area contributed by atoms with Crippen LogP contribution in [-0.2, 0) is 16.1 Å². The standard InChI is InChI=1S/C22H20FNO4.C2H6/c1-14(25)4-7-17-12-20(28-27-3)22(26-2)21-19(17)11-16(13-24-21)10-15-5-8-18(23)9-6-15;1-2/h4-9,11-13H,10H2,1-3H3;1-2H3/b7-4+;. The van der Waals surface area contributed by atoms with Crippen LogP contribution >= 0.6 is 0 Å². The van der Waals surface area contributed by atoms with Crippen LogP contribution in [0.2, 0.25) is 0 Å². The maximum atomic E-state index is 13.1. The first-order valence-corrected chi connectivity index (χ1v) is 9.65. The number of methoxy groups -OCH3 is 1. The molecule has 2 aromatic carbocycles. The number of ether oxygens (including phenoxy) is 1. The Balaban J connectivity index is 0.00000155. The van der Waals surface area contributed by atoms with Gasteiger partial charge in [0.2, 0.25) is 5.75 Å². The summed E-state index contributed by atoms with van der Waals surface area (Å²) in [5.41, 5.74) is 3.24. The minimum Gasteiger partial charge on any atom is -0.491 e. The minimum absolute atomic E-state index is 0.0754. The van der Waals surface area contributed by atoms with Crippen LogP contribution in [-0.4, -0.2) is 25.0 Å². The minimum atomic E-state index is -0.271. The fourth-order valence-electron chi connectivity index (χ4n) is 2.94. The molecule has 0 amide bonds. The maximum Gasteiger partial charge on any atom is 0.210 e. The Labute approximate surface area is 176 Å². The number of fused-ring (bicyclic) bond motifs is 1. The number of nitrogens with zero attached hydrogens (tertiary/aromatic N) is 1. The predicted molar refractivity (Wildman–Crippen MR) is 116 cm³/mol. The van der Waals surface area contributed by atoms with Gasteiger partial charge in [0.1, 0.15) is 11.3 Å². The van der Waals surface area contributed by atoms with E-state index in [1.165, 1.54) is 39.4 Å². The van der Waals surface area contributed by atoms with Gasteiger partial charge in [-0.2, -0.15) is 4.89 Å². The van der Waals surface area contributed by atoms with Gasteiger partial charge >= 0.3 is 0 Å². The molecule has 6 heteroatoms. The van der Waals surface area contributed by atoms with Crippen molar-refractivity contribution in [2.75, 3.05) is 14.2 Å². The third-order valence-electron chi connectivity index (χ3n) is 4.18. The van der Waals surface area contributed by atoms with Crippen molar-refractivity contribution in [2.24, 2.45) is 0 Å². The highest BCUT2D eigenvalue weighted by Crippen LogP contribution is 2.38. The van der Waals surface area contributed by atoms with Crippen LogP contribution in [0.5, 0.6) is 11.5 Å². The van der Waals surface area contributed by atoms with Gasteiger partial charge in [0.25, 0.3) is 0 Å². The van der Waals surface area contributed by atoms with Crippen LogP contribution in [0.4, 0.5) is 4.39 Å². The summed E-state index contributed by atoms with van der Waals surface area (Å²) in [6, 6.07) is 10.1. The second-order valence-electron chi connectivity index (χ2n) is 6.23. The second-order valence-corrected chi connectivity index (χ2v) is 6.23. The van der Waals surface area contributed by atoms with Gasteiger partial charge in [-0.15, -0.1) is 0 Å². The number of halogens is 1. The zero-order chi connectivity index (χ0) is 22.1. The average molecular weight is 411 g/mol. The molecule has 0 aliphatic heterocycles. The van der Waals surface area contributed by atoms with Crippen LogP contribution < -0.4 is 9.62 Å². The monoisotopic (exact) mass is 411 g/mol. The van der Waals surface area contributed by atoms with Crippen LogP contribution in [0.1, 0.15) is 37.5 Å². The lowest BCUT2D eigenvalue weighted by atomic mass is 10.0. The van der Waals surface area contributed by atoms with Gasteiger partial charge < -0.3 is 9.62 Å². The third-order valence-corrected chi connectivity index (χ3v) is 4.18. The predicted octanol–water partition coefficient (Wildman–Crippen LogP) is 5.54. The quantitative estimate of drug-likeness (QED) is 0.290. The molecular weight excluding hydrogens is 385 g/mol. The second kappa shape index (κ2) is 11.1. The molecule has 1 heterocycles. The lowest BCUT2D eigenvalue weighted by Crippen LogP contribution is -1.99. The van der Waals surface area contributed by atoms with E-state index in [4.69, 9.17) is 14.5 Å². The number of pyridine rings is 1. The van der Waals surface area contributed by atoms with E-state index in [1.807, 2.05) is 19.9 Å². The Morgan fingerprint density at radius 3 is 2.40 bits per heavy atom. The van der Waals surface area contributed by atoms with Crippen LogP contribution in [0.25, 0.3) is 17.0 Å². The summed E-state index contributed by atoms with van der Waals surface area (Å²) in [4.78, 5) is 25.9. The molecule has 158 valence electrons. The zero-order valence-corrected chi connectivity index (χ0v) is 17.9. The molecule has 3 rings (SSSR count). The van der Waals surface area contributed by atoms with E-state index in [9.17, 15) is 9.18 Å². The number of rotatable bonds is 7. The number of allylic oxidation sites excluding steroid dienone is 1. The molecule has 0 bridgehead atoms. The molecule has 0 aliphatic carbocycles. The highest BCUT2D eigenvalue weighted by atomic mass is 19.1. The Morgan fingerprint density at radius 2 is 1.80 bits per heavy atom. The van der Waals surface area contributed by atoms with E-state index in [0.29, 0.717) is 23.4 Å². The molecule has 0 fully saturated rings. The molecule has 0 N–H and O–H groups in total. The summed E-state index contributed by atoms with van der Waals surface area (Å²) in [7, 11) is 2.92. The molecule has 0 spiro atoms. The molecule has 0 saturated carbocycles. The number of carbonyl (C=O) groups excluding carboxylic acids is 1. The molecule has 0 aliphatic rings. The number of hydrogen-bond donors (Lipinski definition) is 0. The van der Waals surface area contributed by atoms with Crippen molar-refractivity contribution in [3.05, 3.63) is 71.2 Å². The smallest absolute Gasteiger partial charge is 0.210 e. The van der Waals surface area contributed by atoms with E-state index in [2.05, 4.69) is 4.98 Å². The lowest BCUT2D eigenvalue weighted by Gasteiger charge is -2.13. The topological polar surface area (TPSA) is 57.7 Å². The van der Waals surface area contributed by atoms with Gasteiger partial charge in [-0.3, -0.25) is 9.78 Å². The number of ketones is 1. The first-order valence-electron chi connectivity index (χ1n) is 9.65. The van der Waals surface area contributed by atoms with E-state index < -0.39 is 0 Å². The summed E-state index contributed by atoms with van der Waals surface area (Å²) >= 11 is 0. The van der Waals surface area contributed by atoms with Crippen molar-refractivity contribution in [1.82, 2.24) is 4.98 Å². The van der Waals surface area contributed by atoms with Gasteiger partial charge in [-0.1, -0.05) is 32.1 Å². The largest absolute Gasteiger partial charge is 0.491 e. The molecule has 1 aromatic heterocycles. The fourth-order valence-corrected chi connectivity index (χ4v) is 2.94. The number of hydrogen-bond acceptors (Lipinski definition) is 5. The van der Waals surface area contributed by atoms with Crippen LogP contribution in [0.3, 0.4) is 0 Å². The first kappa shape index (κ1) is 23.0. The molecule has 0 unspecified atom stereocenters. The van der Waals surface area contributed by atoms with Crippen molar-refractivity contribution in [2.45, 2.75) is 27.2 Å². The van der Waals surface area contributed by atoms with Crippen LogP contribution in [0.15, 0.2) is 48.7 Å². The van der Waals surface area contributed by atoms with E-state index >= 15 is 0 Å². The Kier molecular flexibility index (Phi) is 8.50. The number of benzene rings is 2. The van der Waals surface area contributed by atoms with Gasteiger partial charge in [0.15, 0.2) is 11.5 Å². The first-order chi connectivity index (χ1) is 14.5. The average Bonchev–Trinajstić information content (AvgIpc) is 2.75. The van der Waals surface area contributed by atoms with Gasteiger partial charge in [-0.25, -0.2) is 4.39 Å². The van der Waals surface area contributed by atoms with E-state index in [0.717, 1.165) is 22.1 Å². The van der Waals surface area contributed by atoms with Gasteiger partial charge in [-0.05, 0) is 60.4 Å². The molecule has 0 atom stereocenters. The van der Waals surface area contributed by atoms with E-state index in [-0.39, 0.29) is 11.6 Å². The molecular formula is C24H26FNO4.